The molecule has 8 nitrogen and oxygen atoms in total. The minimum absolute atomic E-state index is 0.0797. The van der Waals surface area contributed by atoms with Crippen LogP contribution in [-0.2, 0) is 16.0 Å². The monoisotopic (exact) mass is 311 g/mol. The lowest BCUT2D eigenvalue weighted by Crippen LogP contribution is -2.51. The summed E-state index contributed by atoms with van der Waals surface area (Å²) in [5.41, 5.74) is 0.362. The van der Waals surface area contributed by atoms with Gasteiger partial charge in [-0.05, 0) is 20.8 Å². The number of carbonyl (C=O) groups excluding carboxylic acids is 1. The first-order valence-corrected chi connectivity index (χ1v) is 7.80. The van der Waals surface area contributed by atoms with E-state index in [1.165, 1.54) is 0 Å². The molecule has 0 saturated carbocycles. The molecule has 2 heterocycles. The molecule has 0 unspecified atom stereocenters. The van der Waals surface area contributed by atoms with E-state index in [-0.39, 0.29) is 12.2 Å². The van der Waals surface area contributed by atoms with Crippen molar-refractivity contribution in [2.24, 2.45) is 0 Å². The van der Waals surface area contributed by atoms with Crippen LogP contribution in [0.2, 0.25) is 0 Å². The third-order valence-electron chi connectivity index (χ3n) is 3.45. The fraction of sp³-hybridized carbons (Fsp3) is 0.786. The van der Waals surface area contributed by atoms with E-state index in [0.29, 0.717) is 44.6 Å². The Kier molecular flexibility index (Phi) is 6.29. The molecule has 0 bridgehead atoms. The first-order valence-electron chi connectivity index (χ1n) is 7.80. The summed E-state index contributed by atoms with van der Waals surface area (Å²) in [6.45, 7) is 9.60. The van der Waals surface area contributed by atoms with Gasteiger partial charge in [-0.15, -0.1) is 5.10 Å². The Bertz CT molecular complexity index is 473. The second kappa shape index (κ2) is 8.21. The molecule has 1 atom stereocenters. The maximum atomic E-state index is 12.4. The number of amides is 1. The van der Waals surface area contributed by atoms with Gasteiger partial charge in [-0.1, -0.05) is 5.21 Å². The Hall–Kier alpha value is -1.51. The van der Waals surface area contributed by atoms with E-state index < -0.39 is 0 Å². The molecule has 0 aliphatic carbocycles. The van der Waals surface area contributed by atoms with Gasteiger partial charge in [0.15, 0.2) is 12.0 Å². The summed E-state index contributed by atoms with van der Waals surface area (Å²) in [6.07, 6.45) is 1.28. The summed E-state index contributed by atoms with van der Waals surface area (Å²) in [4.78, 5) is 14.2. The average Bonchev–Trinajstić information content (AvgIpc) is 2.95. The highest BCUT2D eigenvalue weighted by Crippen LogP contribution is 2.06. The van der Waals surface area contributed by atoms with Crippen LogP contribution in [0.5, 0.6) is 0 Å². The quantitative estimate of drug-likeness (QED) is 0.720. The lowest BCUT2D eigenvalue weighted by atomic mass is 10.2. The number of carbonyl (C=O) groups is 1. The topological polar surface area (TPSA) is 81.5 Å². The summed E-state index contributed by atoms with van der Waals surface area (Å²) < 4.78 is 12.5. The van der Waals surface area contributed by atoms with Gasteiger partial charge < -0.3 is 19.7 Å². The van der Waals surface area contributed by atoms with Gasteiger partial charge in [0.25, 0.3) is 5.91 Å². The molecule has 1 aromatic rings. The molecule has 0 radical (unpaired) electrons. The van der Waals surface area contributed by atoms with Crippen LogP contribution in [0.15, 0.2) is 6.20 Å². The van der Waals surface area contributed by atoms with Crippen molar-refractivity contribution in [1.29, 1.82) is 0 Å². The zero-order chi connectivity index (χ0) is 15.9. The van der Waals surface area contributed by atoms with Crippen molar-refractivity contribution in [3.05, 3.63) is 11.9 Å². The van der Waals surface area contributed by atoms with Gasteiger partial charge >= 0.3 is 0 Å². The van der Waals surface area contributed by atoms with Gasteiger partial charge in [-0.2, -0.15) is 0 Å². The molecular weight excluding hydrogens is 286 g/mol. The molecule has 22 heavy (non-hydrogen) atoms. The molecule has 2 rings (SSSR count). The van der Waals surface area contributed by atoms with Gasteiger partial charge in [-0.25, -0.2) is 4.68 Å². The first kappa shape index (κ1) is 16.9. The molecule has 1 amide bonds. The summed E-state index contributed by atoms with van der Waals surface area (Å²) >= 11 is 0. The van der Waals surface area contributed by atoms with E-state index in [2.05, 4.69) is 22.6 Å². The van der Waals surface area contributed by atoms with E-state index in [1.54, 1.807) is 15.8 Å². The van der Waals surface area contributed by atoms with Crippen molar-refractivity contribution in [3.63, 3.8) is 0 Å². The Morgan fingerprint density at radius 1 is 1.45 bits per heavy atom. The van der Waals surface area contributed by atoms with Crippen molar-refractivity contribution in [2.45, 2.75) is 39.6 Å². The fourth-order valence-corrected chi connectivity index (χ4v) is 2.44. The van der Waals surface area contributed by atoms with Gasteiger partial charge in [-0.3, -0.25) is 4.79 Å². The maximum absolute atomic E-state index is 12.4. The molecule has 1 fully saturated rings. The molecule has 124 valence electrons. The summed E-state index contributed by atoms with van der Waals surface area (Å²) in [5, 5.41) is 11.3. The Balaban J connectivity index is 1.96. The van der Waals surface area contributed by atoms with Crippen LogP contribution in [0, 0.1) is 0 Å². The van der Waals surface area contributed by atoms with Crippen LogP contribution >= 0.6 is 0 Å². The standard InChI is InChI=1S/C14H25N5O3/c1-4-21-13(22-5-2)10-19-9-12(16-17-19)14(20)18-7-6-15-11(3)8-18/h9,11,13,15H,4-8,10H2,1-3H3/t11-/m1/s1. The highest BCUT2D eigenvalue weighted by Gasteiger charge is 2.24. The zero-order valence-corrected chi connectivity index (χ0v) is 13.5. The van der Waals surface area contributed by atoms with Crippen molar-refractivity contribution < 1.29 is 14.3 Å². The molecule has 1 aliphatic heterocycles. The number of nitrogens with zero attached hydrogens (tertiary/aromatic N) is 4. The van der Waals surface area contributed by atoms with Gasteiger partial charge in [0.05, 0.1) is 12.7 Å². The minimum Gasteiger partial charge on any atom is -0.351 e. The van der Waals surface area contributed by atoms with Crippen LogP contribution < -0.4 is 5.32 Å². The predicted molar refractivity (Wildman–Crippen MR) is 80.4 cm³/mol. The number of aromatic nitrogens is 3. The first-order chi connectivity index (χ1) is 10.6. The van der Waals surface area contributed by atoms with E-state index in [9.17, 15) is 4.79 Å². The molecular formula is C14H25N5O3. The number of hydrogen-bond donors (Lipinski definition) is 1. The molecule has 1 aromatic heterocycles. The largest absolute Gasteiger partial charge is 0.351 e. The van der Waals surface area contributed by atoms with Crippen molar-refractivity contribution >= 4 is 5.91 Å². The summed E-state index contributed by atoms with van der Waals surface area (Å²) in [5.74, 6) is -0.0797. The lowest BCUT2D eigenvalue weighted by Gasteiger charge is -2.31. The summed E-state index contributed by atoms with van der Waals surface area (Å²) in [6, 6.07) is 0.299. The fourth-order valence-electron chi connectivity index (χ4n) is 2.44. The molecule has 1 saturated heterocycles. The zero-order valence-electron chi connectivity index (χ0n) is 13.5. The second-order valence-corrected chi connectivity index (χ2v) is 5.27. The van der Waals surface area contributed by atoms with Crippen LogP contribution in [-0.4, -0.2) is 71.0 Å². The normalized spacial score (nSPS) is 18.9. The molecule has 0 aromatic carbocycles. The molecule has 1 aliphatic rings. The number of nitrogens with one attached hydrogen (secondary N) is 1. The van der Waals surface area contributed by atoms with Gasteiger partial charge in [0, 0.05) is 38.9 Å². The third-order valence-corrected chi connectivity index (χ3v) is 3.45. The van der Waals surface area contributed by atoms with Crippen molar-refractivity contribution in [2.75, 3.05) is 32.8 Å². The van der Waals surface area contributed by atoms with Crippen molar-refractivity contribution in [3.8, 4) is 0 Å². The van der Waals surface area contributed by atoms with E-state index in [4.69, 9.17) is 9.47 Å². The smallest absolute Gasteiger partial charge is 0.276 e. The van der Waals surface area contributed by atoms with E-state index in [1.807, 2.05) is 13.8 Å². The Labute approximate surface area is 130 Å². The van der Waals surface area contributed by atoms with Gasteiger partial charge in [0.2, 0.25) is 0 Å². The van der Waals surface area contributed by atoms with Gasteiger partial charge in [0.1, 0.15) is 0 Å². The van der Waals surface area contributed by atoms with Crippen LogP contribution in [0.3, 0.4) is 0 Å². The van der Waals surface area contributed by atoms with Crippen molar-refractivity contribution in [1.82, 2.24) is 25.2 Å². The SMILES string of the molecule is CCOC(Cn1cc(C(=O)N2CCN[C@H](C)C2)nn1)OCC. The van der Waals surface area contributed by atoms with E-state index in [0.717, 1.165) is 6.54 Å². The Morgan fingerprint density at radius 2 is 2.18 bits per heavy atom. The maximum Gasteiger partial charge on any atom is 0.276 e. The number of hydrogen-bond acceptors (Lipinski definition) is 6. The highest BCUT2D eigenvalue weighted by molar-refractivity contribution is 5.92. The minimum atomic E-state index is -0.376. The molecule has 8 heteroatoms. The average molecular weight is 311 g/mol. The highest BCUT2D eigenvalue weighted by atomic mass is 16.7. The molecule has 0 spiro atoms. The van der Waals surface area contributed by atoms with Crippen LogP contribution in [0.1, 0.15) is 31.3 Å². The van der Waals surface area contributed by atoms with Crippen LogP contribution in [0.25, 0.3) is 0 Å². The predicted octanol–water partition coefficient (Wildman–Crippen LogP) is 0.111. The molecule has 1 N–H and O–H groups in total. The number of rotatable bonds is 7. The lowest BCUT2D eigenvalue weighted by molar-refractivity contribution is -0.145. The number of piperazine rings is 1. The Morgan fingerprint density at radius 3 is 2.82 bits per heavy atom. The summed E-state index contributed by atoms with van der Waals surface area (Å²) in [7, 11) is 0. The number of ether oxygens (including phenoxy) is 2. The van der Waals surface area contributed by atoms with E-state index >= 15 is 0 Å². The third kappa shape index (κ3) is 4.49. The second-order valence-electron chi connectivity index (χ2n) is 5.27. The van der Waals surface area contributed by atoms with Crippen LogP contribution in [0.4, 0.5) is 0 Å².